The second-order valence-corrected chi connectivity index (χ2v) is 8.73. The second kappa shape index (κ2) is 15.6. The highest BCUT2D eigenvalue weighted by atomic mass is 127. The minimum Gasteiger partial charge on any atom is -0.378 e. The molecule has 0 bridgehead atoms. The van der Waals surface area contributed by atoms with Gasteiger partial charge in [0.25, 0.3) is 0 Å². The van der Waals surface area contributed by atoms with Gasteiger partial charge in [0.05, 0.1) is 24.9 Å². The van der Waals surface area contributed by atoms with Gasteiger partial charge in [0.15, 0.2) is 5.96 Å². The number of guanidine groups is 1. The minimum absolute atomic E-state index is 0. The van der Waals surface area contributed by atoms with Crippen LogP contribution in [0.5, 0.6) is 0 Å². The van der Waals surface area contributed by atoms with E-state index in [-0.39, 0.29) is 24.0 Å². The number of nitrogens with one attached hydrogen (secondary N) is 1. The minimum atomic E-state index is 0. The Labute approximate surface area is 200 Å². The first-order chi connectivity index (χ1) is 14.3. The van der Waals surface area contributed by atoms with Crippen LogP contribution in [0.1, 0.15) is 77.6 Å². The molecule has 2 aliphatic heterocycles. The molecule has 1 unspecified atom stereocenters. The maximum absolute atomic E-state index is 6.15. The molecule has 1 atom stereocenters. The van der Waals surface area contributed by atoms with Crippen LogP contribution >= 0.6 is 24.0 Å². The number of hydrogen-bond acceptors (Lipinski definition) is 4. The number of aliphatic imine (C=N–C) groups is 1. The first-order valence-electron chi connectivity index (χ1n) is 12.2. The Kier molecular flexibility index (Phi) is 13.6. The van der Waals surface area contributed by atoms with Gasteiger partial charge in [0.1, 0.15) is 0 Å². The number of halogens is 1. The topological polar surface area (TPSA) is 55.3 Å². The van der Waals surface area contributed by atoms with Crippen LogP contribution in [0.2, 0.25) is 0 Å². The van der Waals surface area contributed by atoms with Crippen LogP contribution in [0.15, 0.2) is 4.99 Å². The summed E-state index contributed by atoms with van der Waals surface area (Å²) >= 11 is 0. The van der Waals surface area contributed by atoms with E-state index in [4.69, 9.17) is 19.2 Å². The average Bonchev–Trinajstić information content (AvgIpc) is 2.78. The fourth-order valence-electron chi connectivity index (χ4n) is 4.57. The lowest BCUT2D eigenvalue weighted by molar-refractivity contribution is -0.0721. The van der Waals surface area contributed by atoms with Gasteiger partial charge < -0.3 is 24.4 Å². The lowest BCUT2D eigenvalue weighted by Gasteiger charge is -2.35. The van der Waals surface area contributed by atoms with Gasteiger partial charge in [-0.2, -0.15) is 0 Å². The van der Waals surface area contributed by atoms with E-state index in [1.807, 2.05) is 0 Å². The van der Waals surface area contributed by atoms with Gasteiger partial charge in [-0.25, -0.2) is 0 Å². The Morgan fingerprint density at radius 2 is 1.70 bits per heavy atom. The Bertz CT molecular complexity index is 461. The number of piperidine rings is 1. The number of nitrogens with zero attached hydrogens (tertiary/aromatic N) is 2. The zero-order valence-corrected chi connectivity index (χ0v) is 21.3. The number of hydrogen-bond donors (Lipinski definition) is 1. The first-order valence-corrected chi connectivity index (χ1v) is 12.2. The smallest absolute Gasteiger partial charge is 0.193 e. The molecular weight excluding hydrogens is 493 g/mol. The summed E-state index contributed by atoms with van der Waals surface area (Å²) in [6.45, 7) is 8.42. The largest absolute Gasteiger partial charge is 0.378 e. The van der Waals surface area contributed by atoms with Crippen molar-refractivity contribution in [3.63, 3.8) is 0 Å². The molecule has 30 heavy (non-hydrogen) atoms. The molecule has 0 radical (unpaired) electrons. The molecule has 1 aliphatic carbocycles. The summed E-state index contributed by atoms with van der Waals surface area (Å²) in [7, 11) is 0. The van der Waals surface area contributed by atoms with Crippen molar-refractivity contribution in [2.24, 2.45) is 4.99 Å². The van der Waals surface area contributed by atoms with E-state index in [0.717, 1.165) is 77.6 Å². The van der Waals surface area contributed by atoms with Crippen LogP contribution in [0, 0.1) is 0 Å². The third-order valence-corrected chi connectivity index (χ3v) is 6.34. The summed E-state index contributed by atoms with van der Waals surface area (Å²) in [6.07, 6.45) is 14.5. The summed E-state index contributed by atoms with van der Waals surface area (Å²) in [5.74, 6) is 1.05. The van der Waals surface area contributed by atoms with E-state index in [0.29, 0.717) is 18.3 Å². The van der Waals surface area contributed by atoms with Crippen molar-refractivity contribution in [3.05, 3.63) is 0 Å². The van der Waals surface area contributed by atoms with Crippen LogP contribution in [-0.2, 0) is 14.2 Å². The summed E-state index contributed by atoms with van der Waals surface area (Å²) in [4.78, 5) is 7.25. The molecule has 1 N–H and O–H groups in total. The molecule has 0 aromatic carbocycles. The van der Waals surface area contributed by atoms with Crippen molar-refractivity contribution >= 4 is 29.9 Å². The highest BCUT2D eigenvalue weighted by molar-refractivity contribution is 14.0. The Balaban J connectivity index is 0.00000320. The van der Waals surface area contributed by atoms with E-state index in [2.05, 4.69) is 17.1 Å². The second-order valence-electron chi connectivity index (χ2n) is 8.73. The summed E-state index contributed by atoms with van der Waals surface area (Å²) in [5.41, 5.74) is 0. The van der Waals surface area contributed by atoms with Crippen molar-refractivity contribution in [2.75, 3.05) is 46.0 Å². The summed E-state index contributed by atoms with van der Waals surface area (Å²) < 4.78 is 18.0. The Hall–Kier alpha value is -0.120. The van der Waals surface area contributed by atoms with Gasteiger partial charge in [0.2, 0.25) is 0 Å². The van der Waals surface area contributed by atoms with Crippen LogP contribution in [0.3, 0.4) is 0 Å². The fourth-order valence-corrected chi connectivity index (χ4v) is 4.57. The van der Waals surface area contributed by atoms with E-state index in [1.54, 1.807) is 0 Å². The molecule has 7 heteroatoms. The zero-order valence-electron chi connectivity index (χ0n) is 19.0. The number of likely N-dealkylation sites (tertiary alicyclic amines) is 1. The maximum Gasteiger partial charge on any atom is 0.193 e. The quantitative estimate of drug-likeness (QED) is 0.205. The number of ether oxygens (including phenoxy) is 3. The lowest BCUT2D eigenvalue weighted by atomic mass is 9.98. The fraction of sp³-hybridized carbons (Fsp3) is 0.957. The van der Waals surface area contributed by atoms with Crippen molar-refractivity contribution in [2.45, 2.75) is 95.9 Å². The molecule has 0 spiro atoms. The summed E-state index contributed by atoms with van der Waals surface area (Å²) in [5, 5.41) is 3.47. The zero-order chi connectivity index (χ0) is 20.2. The first kappa shape index (κ1) is 26.1. The Morgan fingerprint density at radius 3 is 2.40 bits per heavy atom. The van der Waals surface area contributed by atoms with E-state index in [1.165, 1.54) is 44.9 Å². The van der Waals surface area contributed by atoms with Gasteiger partial charge in [-0.15, -0.1) is 24.0 Å². The predicted molar refractivity (Wildman–Crippen MR) is 133 cm³/mol. The van der Waals surface area contributed by atoms with Crippen LogP contribution in [0.4, 0.5) is 0 Å². The van der Waals surface area contributed by atoms with Gasteiger partial charge in [-0.1, -0.05) is 19.3 Å². The molecular formula is C23H44IN3O3. The molecule has 2 heterocycles. The predicted octanol–water partition coefficient (Wildman–Crippen LogP) is 4.36. The molecule has 0 amide bonds. The normalized spacial score (nSPS) is 24.5. The van der Waals surface area contributed by atoms with E-state index in [9.17, 15) is 0 Å². The van der Waals surface area contributed by atoms with Crippen LogP contribution < -0.4 is 5.32 Å². The van der Waals surface area contributed by atoms with E-state index >= 15 is 0 Å². The maximum atomic E-state index is 6.15. The van der Waals surface area contributed by atoms with Crippen LogP contribution in [-0.4, -0.2) is 75.2 Å². The van der Waals surface area contributed by atoms with E-state index < -0.39 is 0 Å². The van der Waals surface area contributed by atoms with Gasteiger partial charge in [0, 0.05) is 39.4 Å². The molecule has 3 rings (SSSR count). The molecule has 1 saturated carbocycles. The third kappa shape index (κ3) is 9.57. The highest BCUT2D eigenvalue weighted by Crippen LogP contribution is 2.20. The molecule has 2 saturated heterocycles. The van der Waals surface area contributed by atoms with Crippen molar-refractivity contribution in [3.8, 4) is 0 Å². The van der Waals surface area contributed by atoms with Crippen LogP contribution in [0.25, 0.3) is 0 Å². The van der Waals surface area contributed by atoms with Gasteiger partial charge >= 0.3 is 0 Å². The molecule has 6 nitrogen and oxygen atoms in total. The Morgan fingerprint density at radius 1 is 0.967 bits per heavy atom. The summed E-state index contributed by atoms with van der Waals surface area (Å²) in [6, 6.07) is 0. The molecule has 3 aliphatic rings. The highest BCUT2D eigenvalue weighted by Gasteiger charge is 2.23. The SMILES string of the molecule is CCNC(=NCCCOC1CCCCC1)N1CCC(OCC2CCCCO2)CC1.I. The van der Waals surface area contributed by atoms with Crippen molar-refractivity contribution < 1.29 is 14.2 Å². The van der Waals surface area contributed by atoms with Crippen molar-refractivity contribution in [1.29, 1.82) is 0 Å². The standard InChI is InChI=1S/C23H43N3O3.HI/c1-2-24-23(25-14-8-18-27-20-9-4-3-5-10-20)26-15-12-21(13-16-26)29-19-22-11-6-7-17-28-22;/h20-22H,2-19H2,1H3,(H,24,25);1H. The molecule has 0 aromatic heterocycles. The van der Waals surface area contributed by atoms with Crippen molar-refractivity contribution in [1.82, 2.24) is 10.2 Å². The third-order valence-electron chi connectivity index (χ3n) is 6.34. The average molecular weight is 538 g/mol. The molecule has 176 valence electrons. The monoisotopic (exact) mass is 537 g/mol. The molecule has 0 aromatic rings. The molecule has 3 fully saturated rings. The number of rotatable bonds is 9. The lowest BCUT2D eigenvalue weighted by Crippen LogP contribution is -2.47. The van der Waals surface area contributed by atoms with Gasteiger partial charge in [-0.05, 0) is 58.3 Å². The van der Waals surface area contributed by atoms with Gasteiger partial charge in [-0.3, -0.25) is 4.99 Å².